The Morgan fingerprint density at radius 2 is 0.954 bits per heavy atom. The number of anilines is 5. The van der Waals surface area contributed by atoms with Gasteiger partial charge in [0.05, 0.1) is 71.4 Å². The summed E-state index contributed by atoms with van der Waals surface area (Å²) >= 11 is 9.39. The maximum Gasteiger partial charge on any atom is 0.410 e. The first-order chi connectivity index (χ1) is 51.7. The van der Waals surface area contributed by atoms with Gasteiger partial charge in [-0.2, -0.15) is 0 Å². The molecule has 8 heterocycles. The summed E-state index contributed by atoms with van der Waals surface area (Å²) in [6.07, 6.45) is 14.3. The first kappa shape index (κ1) is 83.1. The molecule has 3 N–H and O–H groups in total. The van der Waals surface area contributed by atoms with E-state index in [1.807, 2.05) is 66.7 Å². The zero-order valence-corrected chi connectivity index (χ0v) is 66.1. The second kappa shape index (κ2) is 39.0. The summed E-state index contributed by atoms with van der Waals surface area (Å²) in [5.74, 6) is -0.816. The lowest BCUT2D eigenvalue weighted by molar-refractivity contribution is -0.161. The maximum atomic E-state index is 13.8. The molecule has 13 rings (SSSR count). The third kappa shape index (κ3) is 22.2. The molecule has 0 radical (unpaired) electrons. The molecular formula is C82H108BrClF2N6O16. The number of fused-ring (bicyclic) bond motifs is 4. The summed E-state index contributed by atoms with van der Waals surface area (Å²) in [6.45, 7) is 20.7. The van der Waals surface area contributed by atoms with Crippen LogP contribution in [0.4, 0.5) is 42.0 Å². The van der Waals surface area contributed by atoms with Crippen LogP contribution in [0.3, 0.4) is 0 Å². The number of aromatic hydroxyl groups is 3. The molecule has 0 bridgehead atoms. The highest BCUT2D eigenvalue weighted by Crippen LogP contribution is 2.43. The van der Waals surface area contributed by atoms with Crippen molar-refractivity contribution in [1.29, 1.82) is 0 Å². The molecule has 5 aromatic rings. The number of carbonyl (C=O) groups is 5. The van der Waals surface area contributed by atoms with E-state index >= 15 is 0 Å². The molecule has 108 heavy (non-hydrogen) atoms. The van der Waals surface area contributed by atoms with Crippen molar-refractivity contribution in [3.05, 3.63) is 122 Å². The minimum absolute atomic E-state index is 0.000646. The van der Waals surface area contributed by atoms with Crippen molar-refractivity contribution >= 4 is 85.7 Å². The topological polar surface area (TPSA) is 239 Å². The number of phenols is 3. The van der Waals surface area contributed by atoms with E-state index in [0.29, 0.717) is 113 Å². The summed E-state index contributed by atoms with van der Waals surface area (Å²) in [4.78, 5) is 74.7. The van der Waals surface area contributed by atoms with E-state index in [2.05, 4.69) is 26.9 Å². The van der Waals surface area contributed by atoms with Gasteiger partial charge in [0.15, 0.2) is 30.4 Å². The molecular weight excluding hydrogens is 1480 g/mol. The molecule has 5 amide bonds. The summed E-state index contributed by atoms with van der Waals surface area (Å²) in [5, 5.41) is 30.0. The first-order valence-corrected chi connectivity index (χ1v) is 39.6. The quantitative estimate of drug-likeness (QED) is 0.0832. The van der Waals surface area contributed by atoms with E-state index in [1.165, 1.54) is 24.3 Å². The van der Waals surface area contributed by atoms with Crippen LogP contribution in [0.2, 0.25) is 5.02 Å². The number of phenolic OH excluding ortho intramolecular Hbond substituents is 3. The molecule has 4 fully saturated rings. The molecule has 7 atom stereocenters. The van der Waals surface area contributed by atoms with Crippen LogP contribution in [0.1, 0.15) is 160 Å². The molecule has 8 aliphatic heterocycles. The second-order valence-electron chi connectivity index (χ2n) is 30.2. The van der Waals surface area contributed by atoms with E-state index in [0.717, 1.165) is 160 Å². The molecule has 4 saturated heterocycles. The standard InChI is InChI=1S/C28H36FN3O4.C18H24BrNO4.C18H24ClNO4.C18H24FNO4/c1-19-9-10-21-16-24(30-11-13-31(14-12-30)27(34)36-28(2,3)4)25(35-5)17-23(21)32(26(19)33)18-20-7-6-8-22(29)15-20;3*1-12-5-6-13-10-14(19)16(21)11-15(13)20(18(12)22)7-9-24-17-4-2-3-8-23-17/h6-8,15-17,19H,9-14,18H2,1-5H3;3*10-12,17,21H,2-9H2,1H3. The van der Waals surface area contributed by atoms with Gasteiger partial charge >= 0.3 is 6.09 Å². The molecule has 0 aliphatic carbocycles. The predicted octanol–water partition coefficient (Wildman–Crippen LogP) is 15.1. The van der Waals surface area contributed by atoms with Crippen molar-refractivity contribution in [2.24, 2.45) is 23.7 Å². The predicted molar refractivity (Wildman–Crippen MR) is 413 cm³/mol. The van der Waals surface area contributed by atoms with Crippen LogP contribution in [0.5, 0.6) is 23.0 Å². The van der Waals surface area contributed by atoms with Crippen molar-refractivity contribution in [2.45, 2.75) is 189 Å². The highest BCUT2D eigenvalue weighted by Gasteiger charge is 2.36. The summed E-state index contributed by atoms with van der Waals surface area (Å²) in [7, 11) is 1.63. The highest BCUT2D eigenvalue weighted by molar-refractivity contribution is 9.10. The highest BCUT2D eigenvalue weighted by atomic mass is 79.9. The molecule has 5 aromatic carbocycles. The van der Waals surface area contributed by atoms with E-state index in [9.17, 15) is 48.1 Å². The largest absolute Gasteiger partial charge is 0.507 e. The third-order valence-electron chi connectivity index (χ3n) is 20.9. The molecule has 8 aliphatic rings. The lowest BCUT2D eigenvalue weighted by Crippen LogP contribution is -2.50. The average Bonchev–Trinajstić information content (AvgIpc) is 1.44. The number of benzene rings is 5. The Morgan fingerprint density at radius 3 is 1.40 bits per heavy atom. The lowest BCUT2D eigenvalue weighted by atomic mass is 10.0. The number of methoxy groups -OCH3 is 1. The molecule has 26 heteroatoms. The normalized spacial score (nSPS) is 22.6. The van der Waals surface area contributed by atoms with Gasteiger partial charge in [0.2, 0.25) is 23.6 Å². The fourth-order valence-electron chi connectivity index (χ4n) is 14.6. The smallest absolute Gasteiger partial charge is 0.410 e. The summed E-state index contributed by atoms with van der Waals surface area (Å²) < 4.78 is 73.4. The van der Waals surface area contributed by atoms with Gasteiger partial charge in [0.25, 0.3) is 0 Å². The van der Waals surface area contributed by atoms with Crippen LogP contribution in [0.15, 0.2) is 77.3 Å². The van der Waals surface area contributed by atoms with Crippen LogP contribution in [0, 0.1) is 35.3 Å². The second-order valence-corrected chi connectivity index (χ2v) is 31.4. The van der Waals surface area contributed by atoms with Crippen LogP contribution in [-0.4, -0.2) is 167 Å². The Bertz CT molecular complexity index is 3650. The fourth-order valence-corrected chi connectivity index (χ4v) is 15.2. The number of carbonyl (C=O) groups excluding carboxylic acids is 5. The number of aryl methyl sites for hydroxylation is 4. The maximum absolute atomic E-state index is 13.8. The molecule has 22 nitrogen and oxygen atoms in total. The number of piperazine rings is 1. The summed E-state index contributed by atoms with van der Waals surface area (Å²) in [5.41, 5.74) is 7.95. The van der Waals surface area contributed by atoms with Gasteiger partial charge in [-0.1, -0.05) is 51.4 Å². The molecule has 0 spiro atoms. The van der Waals surface area contributed by atoms with Gasteiger partial charge in [-0.15, -0.1) is 0 Å². The fraction of sp³-hybridized carbons (Fsp3) is 0.573. The van der Waals surface area contributed by atoms with E-state index < -0.39 is 17.2 Å². The lowest BCUT2D eigenvalue weighted by Gasteiger charge is -2.37. The van der Waals surface area contributed by atoms with Gasteiger partial charge in [-0.25, -0.2) is 13.6 Å². The van der Waals surface area contributed by atoms with E-state index in [-0.39, 0.29) is 89.6 Å². The van der Waals surface area contributed by atoms with Gasteiger partial charge in [0.1, 0.15) is 28.7 Å². The Labute approximate surface area is 647 Å². The third-order valence-corrected chi connectivity index (χ3v) is 21.8. The number of amides is 5. The van der Waals surface area contributed by atoms with Gasteiger partial charge in [-0.05, 0) is 210 Å². The number of rotatable bonds is 16. The number of ether oxygens (including phenoxy) is 8. The zero-order chi connectivity index (χ0) is 77.3. The Morgan fingerprint density at radius 1 is 0.528 bits per heavy atom. The van der Waals surface area contributed by atoms with Gasteiger partial charge in [0, 0.05) is 114 Å². The summed E-state index contributed by atoms with van der Waals surface area (Å²) in [6, 6.07) is 20.0. The van der Waals surface area contributed by atoms with Crippen LogP contribution < -0.4 is 29.2 Å². The number of halogens is 4. The minimum atomic E-state index is -0.650. The van der Waals surface area contributed by atoms with Gasteiger partial charge in [-0.3, -0.25) is 19.2 Å². The minimum Gasteiger partial charge on any atom is -0.507 e. The van der Waals surface area contributed by atoms with E-state index in [1.54, 1.807) is 55.9 Å². The first-order valence-electron chi connectivity index (χ1n) is 38.4. The number of hydrogen-bond donors (Lipinski definition) is 3. The average molecular weight is 1590 g/mol. The molecule has 7 unspecified atom stereocenters. The van der Waals surface area contributed by atoms with Crippen molar-refractivity contribution < 1.29 is 86.0 Å². The van der Waals surface area contributed by atoms with Crippen LogP contribution in [-0.2, 0) is 84.6 Å². The molecule has 0 saturated carbocycles. The number of hydrogen-bond acceptors (Lipinski definition) is 17. The SMILES string of the molecule is CC1CCc2cc(Br)c(O)cc2N(CCOC2CCCCO2)C1=O.CC1CCc2cc(Cl)c(O)cc2N(CCOC2CCCCO2)C1=O.CC1CCc2cc(F)c(O)cc2N(CCOC2CCCCO2)C1=O.COc1cc2c(cc1N1CCN(C(=O)OC(C)(C)C)CC1)CCC(C)C(=O)N2Cc1cccc(F)c1. The molecule has 590 valence electrons. The van der Waals surface area contributed by atoms with Crippen LogP contribution in [0.25, 0.3) is 0 Å². The Balaban J connectivity index is 0.000000156. The zero-order valence-electron chi connectivity index (χ0n) is 63.7. The van der Waals surface area contributed by atoms with Gasteiger partial charge < -0.3 is 82.6 Å². The van der Waals surface area contributed by atoms with Crippen molar-refractivity contribution in [3.8, 4) is 23.0 Å². The Hall–Kier alpha value is -7.36. The monoisotopic (exact) mass is 1580 g/mol. The molecule has 0 aromatic heterocycles. The van der Waals surface area contributed by atoms with Crippen LogP contribution >= 0.6 is 27.5 Å². The van der Waals surface area contributed by atoms with Crippen molar-refractivity contribution in [1.82, 2.24) is 4.90 Å². The Kier molecular flexibility index (Phi) is 30.0. The number of nitrogens with zero attached hydrogens (tertiary/aromatic N) is 6. The van der Waals surface area contributed by atoms with Crippen molar-refractivity contribution in [3.63, 3.8) is 0 Å². The van der Waals surface area contributed by atoms with Crippen molar-refractivity contribution in [2.75, 3.05) is 117 Å². The van der Waals surface area contributed by atoms with E-state index in [4.69, 9.17) is 49.5 Å².